The first-order valence-electron chi connectivity index (χ1n) is 5.09. The van der Waals surface area contributed by atoms with Crippen molar-refractivity contribution in [3.8, 4) is 11.6 Å². The quantitative estimate of drug-likeness (QED) is 0.282. The van der Waals surface area contributed by atoms with Gasteiger partial charge < -0.3 is 4.74 Å². The number of halogens is 1. The third-order valence-corrected chi connectivity index (χ3v) is 2.84. The summed E-state index contributed by atoms with van der Waals surface area (Å²) in [4.78, 5) is 18.1. The minimum Gasteiger partial charge on any atom is -0.439 e. The van der Waals surface area contributed by atoms with Gasteiger partial charge >= 0.3 is 0 Å². The molecule has 0 unspecified atom stereocenters. The Hall–Kier alpha value is -1.86. The Morgan fingerprint density at radius 1 is 1.32 bits per heavy atom. The lowest BCUT2D eigenvalue weighted by Crippen LogP contribution is -1.93. The number of nitro groups is 1. The maximum Gasteiger partial charge on any atom is 0.269 e. The van der Waals surface area contributed by atoms with Crippen molar-refractivity contribution >= 4 is 29.1 Å². The molecule has 0 aliphatic carbocycles. The number of hydrogen-bond acceptors (Lipinski definition) is 6. The largest absolute Gasteiger partial charge is 0.439 e. The Morgan fingerprint density at radius 2 is 2.00 bits per heavy atom. The lowest BCUT2D eigenvalue weighted by atomic mass is 10.3. The molecule has 0 amide bonds. The molecule has 0 N–H and O–H groups in total. The van der Waals surface area contributed by atoms with Gasteiger partial charge in [-0.25, -0.2) is 4.98 Å². The van der Waals surface area contributed by atoms with Gasteiger partial charge in [0, 0.05) is 18.2 Å². The average Bonchev–Trinajstić information content (AvgIpc) is 2.38. The molecule has 2 rings (SSSR count). The van der Waals surface area contributed by atoms with Crippen molar-refractivity contribution in [1.29, 1.82) is 0 Å². The molecule has 2 aromatic rings. The highest BCUT2D eigenvalue weighted by molar-refractivity contribution is 7.98. The monoisotopic (exact) mass is 297 g/mol. The predicted molar refractivity (Wildman–Crippen MR) is 72.0 cm³/mol. The first kappa shape index (κ1) is 13.6. The van der Waals surface area contributed by atoms with Crippen LogP contribution in [-0.2, 0) is 0 Å². The zero-order valence-electron chi connectivity index (χ0n) is 9.74. The van der Waals surface area contributed by atoms with E-state index in [1.807, 2.05) is 6.26 Å². The smallest absolute Gasteiger partial charge is 0.269 e. The maximum atomic E-state index is 10.5. The van der Waals surface area contributed by atoms with Crippen LogP contribution in [0.3, 0.4) is 0 Å². The van der Waals surface area contributed by atoms with Crippen molar-refractivity contribution in [3.63, 3.8) is 0 Å². The number of nitrogens with zero attached hydrogens (tertiary/aromatic N) is 3. The van der Waals surface area contributed by atoms with Crippen molar-refractivity contribution in [1.82, 2.24) is 9.97 Å². The van der Waals surface area contributed by atoms with Crippen molar-refractivity contribution in [2.75, 3.05) is 6.26 Å². The molecule has 1 aromatic heterocycles. The van der Waals surface area contributed by atoms with Crippen LogP contribution in [0, 0.1) is 10.1 Å². The number of hydrogen-bond donors (Lipinski definition) is 0. The van der Waals surface area contributed by atoms with Crippen molar-refractivity contribution < 1.29 is 9.66 Å². The van der Waals surface area contributed by atoms with Crippen LogP contribution in [0.1, 0.15) is 0 Å². The molecule has 0 saturated heterocycles. The molecule has 1 aromatic carbocycles. The SMILES string of the molecule is CSc1nc(Cl)cc(Oc2ccc([N+](=O)[O-])cc2)n1. The molecular weight excluding hydrogens is 290 g/mol. The van der Waals surface area contributed by atoms with E-state index in [9.17, 15) is 10.1 Å². The number of thioether (sulfide) groups is 1. The van der Waals surface area contributed by atoms with Gasteiger partial charge in [-0.15, -0.1) is 0 Å². The standard InChI is InChI=1S/C11H8ClN3O3S/c1-19-11-13-9(12)6-10(14-11)18-8-4-2-7(3-5-8)15(16)17/h2-6H,1H3. The van der Waals surface area contributed by atoms with E-state index in [0.29, 0.717) is 16.8 Å². The van der Waals surface area contributed by atoms with Crippen LogP contribution in [-0.4, -0.2) is 21.1 Å². The number of benzene rings is 1. The summed E-state index contributed by atoms with van der Waals surface area (Å²) in [5, 5.41) is 11.3. The summed E-state index contributed by atoms with van der Waals surface area (Å²) in [7, 11) is 0. The molecule has 98 valence electrons. The van der Waals surface area contributed by atoms with E-state index in [-0.39, 0.29) is 10.8 Å². The van der Waals surface area contributed by atoms with Crippen LogP contribution < -0.4 is 4.74 Å². The zero-order chi connectivity index (χ0) is 13.8. The summed E-state index contributed by atoms with van der Waals surface area (Å²) < 4.78 is 5.46. The van der Waals surface area contributed by atoms with Crippen molar-refractivity contribution in [2.24, 2.45) is 0 Å². The number of aromatic nitrogens is 2. The van der Waals surface area contributed by atoms with Crippen molar-refractivity contribution in [2.45, 2.75) is 5.16 Å². The van der Waals surface area contributed by atoms with Crippen LogP contribution in [0.5, 0.6) is 11.6 Å². The highest BCUT2D eigenvalue weighted by atomic mass is 35.5. The molecule has 0 aliphatic rings. The van der Waals surface area contributed by atoms with Gasteiger partial charge in [-0.2, -0.15) is 4.98 Å². The van der Waals surface area contributed by atoms with E-state index in [2.05, 4.69) is 9.97 Å². The summed E-state index contributed by atoms with van der Waals surface area (Å²) in [6, 6.07) is 7.17. The number of rotatable bonds is 4. The van der Waals surface area contributed by atoms with Crippen LogP contribution in [0.2, 0.25) is 5.15 Å². The van der Waals surface area contributed by atoms with Gasteiger partial charge in [0.2, 0.25) is 5.88 Å². The zero-order valence-corrected chi connectivity index (χ0v) is 11.3. The molecule has 0 saturated carbocycles. The van der Waals surface area contributed by atoms with Crippen LogP contribution in [0.15, 0.2) is 35.5 Å². The molecule has 0 bridgehead atoms. The first-order valence-corrected chi connectivity index (χ1v) is 6.69. The minimum atomic E-state index is -0.475. The second-order valence-corrected chi connectivity index (χ2v) is 4.53. The third-order valence-electron chi connectivity index (χ3n) is 2.10. The Labute approximate surface area is 117 Å². The van der Waals surface area contributed by atoms with E-state index in [4.69, 9.17) is 16.3 Å². The molecule has 0 atom stereocenters. The summed E-state index contributed by atoms with van der Waals surface area (Å²) in [5.74, 6) is 0.727. The number of non-ortho nitro benzene ring substituents is 1. The maximum absolute atomic E-state index is 10.5. The van der Waals surface area contributed by atoms with Crippen molar-refractivity contribution in [3.05, 3.63) is 45.6 Å². The molecule has 19 heavy (non-hydrogen) atoms. The second kappa shape index (κ2) is 5.85. The summed E-state index contributed by atoms with van der Waals surface area (Å²) in [6.07, 6.45) is 1.82. The van der Waals surface area contributed by atoms with Crippen LogP contribution in [0.25, 0.3) is 0 Å². The summed E-state index contributed by atoms with van der Waals surface area (Å²) in [6.45, 7) is 0. The summed E-state index contributed by atoms with van der Waals surface area (Å²) >= 11 is 7.17. The van der Waals surface area contributed by atoms with E-state index in [0.717, 1.165) is 0 Å². The van der Waals surface area contributed by atoms with Crippen LogP contribution >= 0.6 is 23.4 Å². The molecule has 6 nitrogen and oxygen atoms in total. The Kier molecular flexibility index (Phi) is 4.18. The Bertz CT molecular complexity index is 607. The average molecular weight is 298 g/mol. The highest BCUT2D eigenvalue weighted by Crippen LogP contribution is 2.25. The molecular formula is C11H8ClN3O3S. The number of nitro benzene ring substituents is 1. The molecule has 0 aliphatic heterocycles. The van der Waals surface area contributed by atoms with Gasteiger partial charge in [0.15, 0.2) is 5.16 Å². The minimum absolute atomic E-state index is 0.00197. The van der Waals surface area contributed by atoms with Gasteiger partial charge in [-0.3, -0.25) is 10.1 Å². The predicted octanol–water partition coefficient (Wildman–Crippen LogP) is 3.55. The number of ether oxygens (including phenoxy) is 1. The Morgan fingerprint density at radius 3 is 2.58 bits per heavy atom. The van der Waals surface area contributed by atoms with Crippen LogP contribution in [0.4, 0.5) is 5.69 Å². The van der Waals surface area contributed by atoms with Gasteiger partial charge in [-0.05, 0) is 18.4 Å². The highest BCUT2D eigenvalue weighted by Gasteiger charge is 2.07. The fraction of sp³-hybridized carbons (Fsp3) is 0.0909. The molecule has 0 spiro atoms. The van der Waals surface area contributed by atoms with Gasteiger partial charge in [-0.1, -0.05) is 23.4 Å². The summed E-state index contributed by atoms with van der Waals surface area (Å²) in [5.41, 5.74) is -0.00197. The molecule has 1 heterocycles. The van der Waals surface area contributed by atoms with Gasteiger partial charge in [0.1, 0.15) is 10.9 Å². The first-order chi connectivity index (χ1) is 9.08. The third kappa shape index (κ3) is 3.55. The Balaban J connectivity index is 2.21. The molecule has 8 heteroatoms. The van der Waals surface area contributed by atoms with Gasteiger partial charge in [0.05, 0.1) is 4.92 Å². The lowest BCUT2D eigenvalue weighted by molar-refractivity contribution is -0.384. The van der Waals surface area contributed by atoms with E-state index in [1.165, 1.54) is 42.1 Å². The fourth-order valence-corrected chi connectivity index (χ4v) is 1.87. The lowest BCUT2D eigenvalue weighted by Gasteiger charge is -2.05. The van der Waals surface area contributed by atoms with E-state index < -0.39 is 4.92 Å². The topological polar surface area (TPSA) is 78.2 Å². The fourth-order valence-electron chi connectivity index (χ4n) is 1.28. The van der Waals surface area contributed by atoms with E-state index in [1.54, 1.807) is 0 Å². The van der Waals surface area contributed by atoms with Gasteiger partial charge in [0.25, 0.3) is 5.69 Å². The molecule has 0 fully saturated rings. The molecule has 0 radical (unpaired) electrons. The second-order valence-electron chi connectivity index (χ2n) is 3.37. The van der Waals surface area contributed by atoms with E-state index >= 15 is 0 Å². The normalized spacial score (nSPS) is 10.2.